The second-order valence-corrected chi connectivity index (χ2v) is 4.89. The average Bonchev–Trinajstić information content (AvgIpc) is 2.38. The molecule has 1 heterocycles. The number of hydrogen-bond donors (Lipinski definition) is 1. The van der Waals surface area contributed by atoms with Crippen LogP contribution in [0.5, 0.6) is 0 Å². The number of amides is 1. The van der Waals surface area contributed by atoms with Crippen LogP contribution in [0.15, 0.2) is 23.1 Å². The zero-order chi connectivity index (χ0) is 13.5. The summed E-state index contributed by atoms with van der Waals surface area (Å²) in [5, 5.41) is 0.735. The van der Waals surface area contributed by atoms with Crippen LogP contribution in [0.3, 0.4) is 0 Å². The van der Waals surface area contributed by atoms with Gasteiger partial charge >= 0.3 is 0 Å². The molecule has 0 saturated carbocycles. The Kier molecular flexibility index (Phi) is 6.12. The van der Waals surface area contributed by atoms with Gasteiger partial charge < -0.3 is 9.88 Å². The lowest BCUT2D eigenvalue weighted by Gasteiger charge is -2.30. The highest BCUT2D eigenvalue weighted by Gasteiger charge is 2.21. The van der Waals surface area contributed by atoms with Crippen molar-refractivity contribution in [1.29, 1.82) is 0 Å². The molecular formula is C13H19BrN2O2. The van der Waals surface area contributed by atoms with Crippen molar-refractivity contribution in [3.05, 3.63) is 34.2 Å². The van der Waals surface area contributed by atoms with E-state index in [-0.39, 0.29) is 17.5 Å². The molecule has 100 valence electrons. The van der Waals surface area contributed by atoms with Gasteiger partial charge in [-0.15, -0.1) is 0 Å². The van der Waals surface area contributed by atoms with Gasteiger partial charge in [0.1, 0.15) is 0 Å². The normalized spacial score (nSPS) is 10.7. The first-order valence-corrected chi connectivity index (χ1v) is 7.31. The molecule has 1 amide bonds. The van der Waals surface area contributed by atoms with Gasteiger partial charge in [-0.05, 0) is 18.9 Å². The number of aromatic nitrogens is 1. The molecule has 0 aliphatic carbocycles. The summed E-state index contributed by atoms with van der Waals surface area (Å²) in [4.78, 5) is 28.0. The van der Waals surface area contributed by atoms with E-state index < -0.39 is 0 Å². The third-order valence-corrected chi connectivity index (χ3v) is 3.35. The summed E-state index contributed by atoms with van der Waals surface area (Å²) >= 11 is 3.37. The number of rotatable bonds is 6. The number of nitrogens with zero attached hydrogens (tertiary/aromatic N) is 1. The number of alkyl halides is 1. The number of carbonyl (C=O) groups is 1. The molecule has 1 rings (SSSR count). The molecule has 1 aromatic rings. The van der Waals surface area contributed by atoms with Crippen molar-refractivity contribution in [2.75, 3.05) is 11.9 Å². The number of nitrogens with one attached hydrogen (secondary N) is 1. The van der Waals surface area contributed by atoms with Crippen molar-refractivity contribution in [3.8, 4) is 0 Å². The van der Waals surface area contributed by atoms with Crippen LogP contribution in [0.1, 0.15) is 37.0 Å². The Labute approximate surface area is 116 Å². The molecule has 0 radical (unpaired) electrons. The Morgan fingerprint density at radius 3 is 2.61 bits per heavy atom. The van der Waals surface area contributed by atoms with Crippen molar-refractivity contribution >= 4 is 21.8 Å². The Balaban J connectivity index is 2.98. The predicted octanol–water partition coefficient (Wildman–Crippen LogP) is 2.40. The molecule has 0 spiro atoms. The van der Waals surface area contributed by atoms with Crippen molar-refractivity contribution in [1.82, 2.24) is 9.88 Å². The van der Waals surface area contributed by atoms with Crippen molar-refractivity contribution < 1.29 is 4.79 Å². The van der Waals surface area contributed by atoms with Gasteiger partial charge in [0.2, 0.25) is 5.56 Å². The molecule has 0 aromatic carbocycles. The molecule has 0 bridgehead atoms. The minimum atomic E-state index is -0.246. The molecule has 0 aliphatic heterocycles. The maximum atomic E-state index is 12.4. The Morgan fingerprint density at radius 1 is 1.44 bits per heavy atom. The number of aromatic amines is 1. The van der Waals surface area contributed by atoms with E-state index in [0.717, 1.165) is 18.2 Å². The van der Waals surface area contributed by atoms with Crippen LogP contribution in [-0.2, 0) is 0 Å². The third-order valence-electron chi connectivity index (χ3n) is 2.99. The Bertz CT molecular complexity index is 441. The first kappa shape index (κ1) is 15.0. The summed E-state index contributed by atoms with van der Waals surface area (Å²) in [5.41, 5.74) is 0.204. The van der Waals surface area contributed by atoms with Gasteiger partial charge in [0.05, 0.1) is 0 Å². The number of hydrogen-bond acceptors (Lipinski definition) is 2. The van der Waals surface area contributed by atoms with E-state index >= 15 is 0 Å². The molecule has 4 nitrogen and oxygen atoms in total. The molecule has 1 aromatic heterocycles. The minimum absolute atomic E-state index is 0.0748. The summed E-state index contributed by atoms with van der Waals surface area (Å²) in [6.07, 6.45) is 3.34. The number of halogens is 1. The minimum Gasteiger partial charge on any atom is -0.335 e. The van der Waals surface area contributed by atoms with E-state index in [0.29, 0.717) is 12.1 Å². The van der Waals surface area contributed by atoms with Gasteiger partial charge in [0.25, 0.3) is 5.91 Å². The molecule has 18 heavy (non-hydrogen) atoms. The summed E-state index contributed by atoms with van der Waals surface area (Å²) in [7, 11) is 0. The predicted molar refractivity (Wildman–Crippen MR) is 76.3 cm³/mol. The van der Waals surface area contributed by atoms with Crippen molar-refractivity contribution in [2.45, 2.75) is 32.7 Å². The smallest absolute Gasteiger partial charge is 0.254 e. The van der Waals surface area contributed by atoms with E-state index in [9.17, 15) is 9.59 Å². The maximum absolute atomic E-state index is 12.4. The van der Waals surface area contributed by atoms with E-state index in [4.69, 9.17) is 0 Å². The lowest BCUT2D eigenvalue weighted by molar-refractivity contribution is 0.0682. The first-order valence-electron chi connectivity index (χ1n) is 6.19. The average molecular weight is 315 g/mol. The van der Waals surface area contributed by atoms with E-state index in [2.05, 4.69) is 34.8 Å². The SMILES string of the molecule is CCC(CC)N(CCBr)C(=O)c1cc[nH]c(=O)c1. The molecule has 0 fully saturated rings. The molecule has 5 heteroatoms. The molecule has 0 atom stereocenters. The number of pyridine rings is 1. The molecule has 0 saturated heterocycles. The second kappa shape index (κ2) is 7.36. The summed E-state index contributed by atoms with van der Waals surface area (Å²) in [6.45, 7) is 4.79. The van der Waals surface area contributed by atoms with Crippen LogP contribution in [0.25, 0.3) is 0 Å². The number of H-pyrrole nitrogens is 1. The standard InChI is InChI=1S/C13H19BrN2O2/c1-3-11(4-2)16(8-6-14)13(18)10-5-7-15-12(17)9-10/h5,7,9,11H,3-4,6,8H2,1-2H3,(H,15,17). The van der Waals surface area contributed by atoms with E-state index in [1.807, 2.05) is 4.90 Å². The monoisotopic (exact) mass is 314 g/mol. The van der Waals surface area contributed by atoms with Crippen LogP contribution < -0.4 is 5.56 Å². The van der Waals surface area contributed by atoms with Gasteiger partial charge in [-0.3, -0.25) is 9.59 Å². The van der Waals surface area contributed by atoms with E-state index in [1.165, 1.54) is 12.3 Å². The Hall–Kier alpha value is -1.10. The first-order chi connectivity index (χ1) is 8.63. The number of carbonyl (C=O) groups excluding carboxylic acids is 1. The van der Waals surface area contributed by atoms with Crippen molar-refractivity contribution in [3.63, 3.8) is 0 Å². The van der Waals surface area contributed by atoms with Crippen LogP contribution in [0.2, 0.25) is 0 Å². The zero-order valence-electron chi connectivity index (χ0n) is 10.8. The molecule has 0 unspecified atom stereocenters. The van der Waals surface area contributed by atoms with Crippen molar-refractivity contribution in [2.24, 2.45) is 0 Å². The highest BCUT2D eigenvalue weighted by Crippen LogP contribution is 2.13. The van der Waals surface area contributed by atoms with Crippen LogP contribution in [0, 0.1) is 0 Å². The Morgan fingerprint density at radius 2 is 2.11 bits per heavy atom. The highest BCUT2D eigenvalue weighted by molar-refractivity contribution is 9.09. The third kappa shape index (κ3) is 3.70. The molecule has 0 aliphatic rings. The fraction of sp³-hybridized carbons (Fsp3) is 0.538. The van der Waals surface area contributed by atoms with Gasteiger partial charge in [-0.2, -0.15) is 0 Å². The zero-order valence-corrected chi connectivity index (χ0v) is 12.4. The topological polar surface area (TPSA) is 53.2 Å². The highest BCUT2D eigenvalue weighted by atomic mass is 79.9. The fourth-order valence-electron chi connectivity index (χ4n) is 2.01. The lowest BCUT2D eigenvalue weighted by atomic mass is 10.1. The lowest BCUT2D eigenvalue weighted by Crippen LogP contribution is -2.41. The van der Waals surface area contributed by atoms with Crippen LogP contribution in [0.4, 0.5) is 0 Å². The fourth-order valence-corrected chi connectivity index (χ4v) is 2.40. The summed E-state index contributed by atoms with van der Waals surface area (Å²) in [6, 6.07) is 3.22. The summed E-state index contributed by atoms with van der Waals surface area (Å²) in [5.74, 6) is -0.0748. The van der Waals surface area contributed by atoms with Gasteiger partial charge in [-0.25, -0.2) is 0 Å². The van der Waals surface area contributed by atoms with Gasteiger partial charge in [0.15, 0.2) is 0 Å². The largest absolute Gasteiger partial charge is 0.335 e. The maximum Gasteiger partial charge on any atom is 0.254 e. The summed E-state index contributed by atoms with van der Waals surface area (Å²) < 4.78 is 0. The van der Waals surface area contributed by atoms with E-state index in [1.54, 1.807) is 6.07 Å². The van der Waals surface area contributed by atoms with Gasteiger partial charge in [-0.1, -0.05) is 29.8 Å². The van der Waals surface area contributed by atoms with Gasteiger partial charge in [0, 0.05) is 35.7 Å². The van der Waals surface area contributed by atoms with Crippen LogP contribution in [-0.4, -0.2) is 33.7 Å². The second-order valence-electron chi connectivity index (χ2n) is 4.10. The van der Waals surface area contributed by atoms with Crippen LogP contribution >= 0.6 is 15.9 Å². The molecular weight excluding hydrogens is 296 g/mol. The molecule has 1 N–H and O–H groups in total. The quantitative estimate of drug-likeness (QED) is 0.820.